The molecule has 0 aliphatic carbocycles. The fourth-order valence-corrected chi connectivity index (χ4v) is 3.09. The summed E-state index contributed by atoms with van der Waals surface area (Å²) in [5.41, 5.74) is 10.3. The fourth-order valence-electron chi connectivity index (χ4n) is 1.27. The Hall–Kier alpha value is -0.620. The lowest BCUT2D eigenvalue weighted by Crippen LogP contribution is -2.40. The monoisotopic (exact) mass is 222 g/mol. The third-order valence-corrected chi connectivity index (χ3v) is 4.93. The van der Waals surface area contributed by atoms with E-state index in [-0.39, 0.29) is 13.0 Å². The number of carbonyl (C=O) groups is 1. The van der Waals surface area contributed by atoms with Crippen LogP contribution in [0.4, 0.5) is 0 Å². The van der Waals surface area contributed by atoms with Crippen LogP contribution in [-0.4, -0.2) is 31.4 Å². The van der Waals surface area contributed by atoms with Crippen LogP contribution in [0.5, 0.6) is 0 Å². The van der Waals surface area contributed by atoms with Crippen molar-refractivity contribution in [1.82, 2.24) is 0 Å². The van der Waals surface area contributed by atoms with Gasteiger partial charge in [-0.2, -0.15) is 0 Å². The van der Waals surface area contributed by atoms with Crippen LogP contribution in [0.2, 0.25) is 0 Å². The summed E-state index contributed by atoms with van der Waals surface area (Å²) in [6.07, 6.45) is 0.568. The second-order valence-electron chi connectivity index (χ2n) is 3.28. The van der Waals surface area contributed by atoms with E-state index >= 15 is 0 Å². The molecule has 2 unspecified atom stereocenters. The van der Waals surface area contributed by atoms with Crippen LogP contribution in [0, 0.1) is 0 Å². The van der Waals surface area contributed by atoms with Crippen molar-refractivity contribution in [3.8, 4) is 0 Å². The van der Waals surface area contributed by atoms with Crippen molar-refractivity contribution in [2.75, 3.05) is 6.54 Å². The quantitative estimate of drug-likeness (QED) is 0.626. The average molecular weight is 222 g/mol. The van der Waals surface area contributed by atoms with E-state index in [2.05, 4.69) is 0 Å². The number of primary amides is 1. The largest absolute Gasteiger partial charge is 0.369 e. The summed E-state index contributed by atoms with van der Waals surface area (Å²) in [5.74, 6) is -0.781. The number of nitrogens with two attached hydrogens (primary N) is 2. The molecule has 0 aromatic carbocycles. The van der Waals surface area contributed by atoms with E-state index < -0.39 is 26.2 Å². The number of carbonyl (C=O) groups excluding carboxylic acids is 1. The van der Waals surface area contributed by atoms with E-state index in [4.69, 9.17) is 11.5 Å². The fraction of sp³-hybridized carbons (Fsp3) is 0.875. The summed E-state index contributed by atoms with van der Waals surface area (Å²) in [6.45, 7) is 3.46. The lowest BCUT2D eigenvalue weighted by Gasteiger charge is -2.17. The van der Waals surface area contributed by atoms with Crippen molar-refractivity contribution in [2.24, 2.45) is 11.5 Å². The molecule has 2 atom stereocenters. The molecule has 0 rings (SSSR count). The van der Waals surface area contributed by atoms with E-state index in [1.807, 2.05) is 0 Å². The minimum absolute atomic E-state index is 0.215. The molecule has 0 saturated carbocycles. The van der Waals surface area contributed by atoms with Crippen LogP contribution < -0.4 is 11.5 Å². The Morgan fingerprint density at radius 1 is 1.43 bits per heavy atom. The number of hydrogen-bond donors (Lipinski definition) is 2. The molecule has 14 heavy (non-hydrogen) atoms. The number of amides is 1. The smallest absolute Gasteiger partial charge is 0.235 e. The Morgan fingerprint density at radius 2 is 1.93 bits per heavy atom. The number of rotatable bonds is 6. The minimum atomic E-state index is -3.47. The van der Waals surface area contributed by atoms with Gasteiger partial charge in [-0.15, -0.1) is 0 Å². The molecule has 0 fully saturated rings. The standard InChI is InChI=1S/C8H18N2O3S/c1-3-7(8(10)11)14(12,13)6(2)4-5-9/h6-7H,3-5,9H2,1-2H3,(H2,10,11). The van der Waals surface area contributed by atoms with Gasteiger partial charge in [0.25, 0.3) is 0 Å². The molecule has 0 aromatic heterocycles. The Labute approximate surface area is 84.8 Å². The van der Waals surface area contributed by atoms with Crippen LogP contribution in [-0.2, 0) is 14.6 Å². The van der Waals surface area contributed by atoms with E-state index in [9.17, 15) is 13.2 Å². The second-order valence-corrected chi connectivity index (χ2v) is 5.83. The molecule has 1 amide bonds. The highest BCUT2D eigenvalue weighted by atomic mass is 32.2. The maximum absolute atomic E-state index is 11.7. The zero-order valence-electron chi connectivity index (χ0n) is 8.56. The lowest BCUT2D eigenvalue weighted by molar-refractivity contribution is -0.117. The Balaban J connectivity index is 4.83. The lowest BCUT2D eigenvalue weighted by atomic mass is 10.3. The normalized spacial score (nSPS) is 16.2. The molecule has 0 aliphatic rings. The second kappa shape index (κ2) is 5.31. The van der Waals surface area contributed by atoms with E-state index in [1.165, 1.54) is 0 Å². The summed E-state index contributed by atoms with van der Waals surface area (Å²) >= 11 is 0. The highest BCUT2D eigenvalue weighted by Gasteiger charge is 2.33. The third kappa shape index (κ3) is 2.95. The van der Waals surface area contributed by atoms with Crippen molar-refractivity contribution in [3.63, 3.8) is 0 Å². The van der Waals surface area contributed by atoms with Crippen molar-refractivity contribution in [1.29, 1.82) is 0 Å². The molecular formula is C8H18N2O3S. The zero-order valence-corrected chi connectivity index (χ0v) is 9.38. The molecule has 0 heterocycles. The van der Waals surface area contributed by atoms with Crippen molar-refractivity contribution in [2.45, 2.75) is 37.2 Å². The maximum Gasteiger partial charge on any atom is 0.235 e. The first-order valence-corrected chi connectivity index (χ1v) is 6.20. The first kappa shape index (κ1) is 13.4. The molecular weight excluding hydrogens is 204 g/mol. The zero-order chi connectivity index (χ0) is 11.4. The first-order valence-electron chi connectivity index (χ1n) is 4.60. The molecule has 0 aromatic rings. The summed E-state index contributed by atoms with van der Waals surface area (Å²) in [5, 5.41) is -1.69. The molecule has 5 nitrogen and oxygen atoms in total. The van der Waals surface area contributed by atoms with E-state index in [0.29, 0.717) is 6.42 Å². The predicted molar refractivity (Wildman–Crippen MR) is 55.3 cm³/mol. The Bertz CT molecular complexity index is 287. The van der Waals surface area contributed by atoms with Gasteiger partial charge in [0.2, 0.25) is 5.91 Å². The molecule has 4 N–H and O–H groups in total. The SMILES string of the molecule is CCC(C(N)=O)S(=O)(=O)C(C)CCN. The van der Waals surface area contributed by atoms with Gasteiger partial charge in [-0.3, -0.25) is 4.79 Å². The van der Waals surface area contributed by atoms with Gasteiger partial charge in [0.1, 0.15) is 5.25 Å². The predicted octanol–water partition coefficient (Wildman–Crippen LogP) is -0.598. The summed E-state index contributed by atoms with van der Waals surface area (Å²) in [4.78, 5) is 10.9. The van der Waals surface area contributed by atoms with E-state index in [0.717, 1.165) is 0 Å². The molecule has 84 valence electrons. The molecule has 0 aliphatic heterocycles. The van der Waals surface area contributed by atoms with Gasteiger partial charge in [0.15, 0.2) is 9.84 Å². The Morgan fingerprint density at radius 3 is 2.21 bits per heavy atom. The van der Waals surface area contributed by atoms with Crippen LogP contribution in [0.3, 0.4) is 0 Å². The van der Waals surface area contributed by atoms with Gasteiger partial charge in [-0.1, -0.05) is 6.92 Å². The maximum atomic E-state index is 11.7. The molecule has 0 bridgehead atoms. The van der Waals surface area contributed by atoms with Crippen LogP contribution in [0.15, 0.2) is 0 Å². The van der Waals surface area contributed by atoms with Crippen molar-refractivity contribution in [3.05, 3.63) is 0 Å². The highest BCUT2D eigenvalue weighted by molar-refractivity contribution is 7.93. The number of hydrogen-bond acceptors (Lipinski definition) is 4. The molecule has 0 saturated heterocycles. The van der Waals surface area contributed by atoms with Gasteiger partial charge in [0.05, 0.1) is 5.25 Å². The van der Waals surface area contributed by atoms with Gasteiger partial charge in [-0.25, -0.2) is 8.42 Å². The first-order chi connectivity index (χ1) is 6.37. The molecule has 6 heteroatoms. The molecule has 0 radical (unpaired) electrons. The summed E-state index contributed by atoms with van der Waals surface area (Å²) in [6, 6.07) is 0. The van der Waals surface area contributed by atoms with Gasteiger partial charge < -0.3 is 11.5 Å². The van der Waals surface area contributed by atoms with Crippen molar-refractivity contribution < 1.29 is 13.2 Å². The number of sulfone groups is 1. The third-order valence-electron chi connectivity index (χ3n) is 2.22. The van der Waals surface area contributed by atoms with Gasteiger partial charge in [-0.05, 0) is 26.3 Å². The van der Waals surface area contributed by atoms with Gasteiger partial charge in [0, 0.05) is 0 Å². The van der Waals surface area contributed by atoms with Crippen LogP contribution in [0.1, 0.15) is 26.7 Å². The minimum Gasteiger partial charge on any atom is -0.369 e. The van der Waals surface area contributed by atoms with Crippen LogP contribution in [0.25, 0.3) is 0 Å². The van der Waals surface area contributed by atoms with Crippen LogP contribution >= 0.6 is 0 Å². The topological polar surface area (TPSA) is 103 Å². The van der Waals surface area contributed by atoms with E-state index in [1.54, 1.807) is 13.8 Å². The van der Waals surface area contributed by atoms with Gasteiger partial charge >= 0.3 is 0 Å². The van der Waals surface area contributed by atoms with Crippen molar-refractivity contribution >= 4 is 15.7 Å². The summed E-state index contributed by atoms with van der Waals surface area (Å²) < 4.78 is 23.5. The summed E-state index contributed by atoms with van der Waals surface area (Å²) in [7, 11) is -3.47. The molecule has 0 spiro atoms. The Kier molecular flexibility index (Phi) is 5.07. The highest BCUT2D eigenvalue weighted by Crippen LogP contribution is 2.14. The average Bonchev–Trinajstić information content (AvgIpc) is 2.04.